The van der Waals surface area contributed by atoms with Crippen molar-refractivity contribution < 1.29 is 4.79 Å². The van der Waals surface area contributed by atoms with Gasteiger partial charge in [0.2, 0.25) is 0 Å². The lowest BCUT2D eigenvalue weighted by Crippen LogP contribution is -2.25. The number of rotatable bonds is 5. The lowest BCUT2D eigenvalue weighted by molar-refractivity contribution is 0.0951. The number of carbonyl (C=O) groups excluding carboxylic acids is 1. The minimum Gasteiger partial charge on any atom is -0.379 e. The topological polar surface area (TPSA) is 54.0 Å². The van der Waals surface area contributed by atoms with E-state index in [-0.39, 0.29) is 11.9 Å². The fourth-order valence-electron chi connectivity index (χ4n) is 2.20. The summed E-state index contributed by atoms with van der Waals surface area (Å²) in [4.78, 5) is 15.9. The van der Waals surface area contributed by atoms with E-state index in [9.17, 15) is 4.79 Å². The van der Waals surface area contributed by atoms with Gasteiger partial charge in [0.25, 0.3) is 5.91 Å². The van der Waals surface area contributed by atoms with Gasteiger partial charge in [-0.25, -0.2) is 0 Å². The molecule has 3 rings (SSSR count). The number of pyridine rings is 1. The standard InChI is InChI=1S/C17H19N3O/c1-12(13-8-10-18-11-9-13)19-15-4-2-14(3-5-15)17(21)20-16-6-7-16/h2-5,8-12,16,19H,6-7H2,1H3,(H,20,21). The largest absolute Gasteiger partial charge is 0.379 e. The molecule has 1 atom stereocenters. The molecule has 0 bridgehead atoms. The zero-order valence-corrected chi connectivity index (χ0v) is 12.0. The molecule has 2 N–H and O–H groups in total. The van der Waals surface area contributed by atoms with Crippen LogP contribution in [0.1, 0.15) is 41.7 Å². The number of benzene rings is 1. The zero-order chi connectivity index (χ0) is 14.7. The molecule has 0 spiro atoms. The van der Waals surface area contributed by atoms with E-state index in [4.69, 9.17) is 0 Å². The van der Waals surface area contributed by atoms with E-state index >= 15 is 0 Å². The van der Waals surface area contributed by atoms with E-state index in [2.05, 4.69) is 22.5 Å². The van der Waals surface area contributed by atoms with E-state index < -0.39 is 0 Å². The van der Waals surface area contributed by atoms with Crippen molar-refractivity contribution in [3.05, 3.63) is 59.9 Å². The third-order valence-corrected chi connectivity index (χ3v) is 3.65. The summed E-state index contributed by atoms with van der Waals surface area (Å²) >= 11 is 0. The third kappa shape index (κ3) is 3.60. The van der Waals surface area contributed by atoms with Gasteiger partial charge in [-0.15, -0.1) is 0 Å². The van der Waals surface area contributed by atoms with Gasteiger partial charge in [0.05, 0.1) is 0 Å². The first kappa shape index (κ1) is 13.6. The first-order valence-electron chi connectivity index (χ1n) is 7.30. The minimum absolute atomic E-state index is 0.0197. The molecule has 1 amide bonds. The van der Waals surface area contributed by atoms with Crippen LogP contribution in [0, 0.1) is 0 Å². The Hall–Kier alpha value is -2.36. The molecule has 108 valence electrons. The third-order valence-electron chi connectivity index (χ3n) is 3.65. The van der Waals surface area contributed by atoms with Crippen LogP contribution < -0.4 is 10.6 Å². The van der Waals surface area contributed by atoms with Crippen molar-refractivity contribution in [2.24, 2.45) is 0 Å². The molecule has 2 aromatic rings. The van der Waals surface area contributed by atoms with Gasteiger partial charge in [-0.3, -0.25) is 9.78 Å². The fraction of sp³-hybridized carbons (Fsp3) is 0.294. The molecule has 4 heteroatoms. The molecule has 4 nitrogen and oxygen atoms in total. The summed E-state index contributed by atoms with van der Waals surface area (Å²) in [5.74, 6) is 0.0197. The highest BCUT2D eigenvalue weighted by molar-refractivity contribution is 5.94. The molecule has 1 aliphatic rings. The predicted octanol–water partition coefficient (Wildman–Crippen LogP) is 3.15. The summed E-state index contributed by atoms with van der Waals surface area (Å²) in [7, 11) is 0. The SMILES string of the molecule is CC(Nc1ccc(C(=O)NC2CC2)cc1)c1ccncc1. The summed E-state index contributed by atoms with van der Waals surface area (Å²) in [5, 5.41) is 6.41. The van der Waals surface area contributed by atoms with Gasteiger partial charge in [0, 0.05) is 35.7 Å². The molecule has 1 saturated carbocycles. The molecule has 1 aromatic carbocycles. The number of nitrogens with one attached hydrogen (secondary N) is 2. The van der Waals surface area contributed by atoms with Gasteiger partial charge in [0.15, 0.2) is 0 Å². The average Bonchev–Trinajstić information content (AvgIpc) is 3.33. The Morgan fingerprint density at radius 2 is 1.81 bits per heavy atom. The Bertz CT molecular complexity index is 606. The van der Waals surface area contributed by atoms with Crippen molar-refractivity contribution in [3.63, 3.8) is 0 Å². The maximum Gasteiger partial charge on any atom is 0.251 e. The Kier molecular flexibility index (Phi) is 3.86. The normalized spacial score (nSPS) is 15.3. The van der Waals surface area contributed by atoms with Crippen molar-refractivity contribution in [1.29, 1.82) is 0 Å². The van der Waals surface area contributed by atoms with Crippen molar-refractivity contribution in [2.45, 2.75) is 31.8 Å². The highest BCUT2D eigenvalue weighted by Crippen LogP contribution is 2.21. The minimum atomic E-state index is 0.0197. The maximum atomic E-state index is 11.9. The number of anilines is 1. The molecular formula is C17H19N3O. The van der Waals surface area contributed by atoms with Crippen LogP contribution in [0.25, 0.3) is 0 Å². The lowest BCUT2D eigenvalue weighted by Gasteiger charge is -2.15. The molecule has 0 radical (unpaired) electrons. The Morgan fingerprint density at radius 3 is 2.43 bits per heavy atom. The Balaban J connectivity index is 1.62. The predicted molar refractivity (Wildman–Crippen MR) is 83.2 cm³/mol. The summed E-state index contributed by atoms with van der Waals surface area (Å²) in [5.41, 5.74) is 2.90. The van der Waals surface area contributed by atoms with Crippen molar-refractivity contribution >= 4 is 11.6 Å². The highest BCUT2D eigenvalue weighted by atomic mass is 16.1. The van der Waals surface area contributed by atoms with Crippen LogP contribution in [0.4, 0.5) is 5.69 Å². The van der Waals surface area contributed by atoms with Crippen LogP contribution in [0.3, 0.4) is 0 Å². The maximum absolute atomic E-state index is 11.9. The van der Waals surface area contributed by atoms with Crippen molar-refractivity contribution in [2.75, 3.05) is 5.32 Å². The van der Waals surface area contributed by atoms with E-state index in [0.29, 0.717) is 11.6 Å². The quantitative estimate of drug-likeness (QED) is 0.885. The van der Waals surface area contributed by atoms with Crippen LogP contribution in [0.5, 0.6) is 0 Å². The summed E-state index contributed by atoms with van der Waals surface area (Å²) in [6.07, 6.45) is 5.79. The zero-order valence-electron chi connectivity index (χ0n) is 12.0. The lowest BCUT2D eigenvalue weighted by atomic mass is 10.1. The molecule has 1 fully saturated rings. The van der Waals surface area contributed by atoms with Crippen LogP contribution in [-0.4, -0.2) is 16.9 Å². The van der Waals surface area contributed by atoms with Crippen molar-refractivity contribution in [1.82, 2.24) is 10.3 Å². The second-order valence-electron chi connectivity index (χ2n) is 5.47. The van der Waals surface area contributed by atoms with E-state index in [1.54, 1.807) is 12.4 Å². The Labute approximate surface area is 124 Å². The van der Waals surface area contributed by atoms with E-state index in [1.165, 1.54) is 5.56 Å². The van der Waals surface area contributed by atoms with Crippen LogP contribution in [0.15, 0.2) is 48.8 Å². The molecule has 1 aromatic heterocycles. The Morgan fingerprint density at radius 1 is 1.14 bits per heavy atom. The number of carbonyl (C=O) groups is 1. The van der Waals surface area contributed by atoms with Gasteiger partial charge in [-0.2, -0.15) is 0 Å². The number of hydrogen-bond acceptors (Lipinski definition) is 3. The second-order valence-corrected chi connectivity index (χ2v) is 5.47. The monoisotopic (exact) mass is 281 g/mol. The number of nitrogens with zero attached hydrogens (tertiary/aromatic N) is 1. The van der Waals surface area contributed by atoms with Gasteiger partial charge in [-0.1, -0.05) is 0 Å². The van der Waals surface area contributed by atoms with Crippen LogP contribution in [0.2, 0.25) is 0 Å². The summed E-state index contributed by atoms with van der Waals surface area (Å²) in [6, 6.07) is 12.2. The van der Waals surface area contributed by atoms with Gasteiger partial charge >= 0.3 is 0 Å². The van der Waals surface area contributed by atoms with Crippen LogP contribution >= 0.6 is 0 Å². The molecule has 1 aliphatic carbocycles. The number of aromatic nitrogens is 1. The highest BCUT2D eigenvalue weighted by Gasteiger charge is 2.23. The first-order chi connectivity index (χ1) is 10.2. The van der Waals surface area contributed by atoms with Crippen molar-refractivity contribution in [3.8, 4) is 0 Å². The second kappa shape index (κ2) is 5.95. The van der Waals surface area contributed by atoms with Crippen LogP contribution in [-0.2, 0) is 0 Å². The average molecular weight is 281 g/mol. The molecule has 1 heterocycles. The molecule has 0 saturated heterocycles. The van der Waals surface area contributed by atoms with Gasteiger partial charge < -0.3 is 10.6 Å². The molecule has 1 unspecified atom stereocenters. The fourth-order valence-corrected chi connectivity index (χ4v) is 2.20. The smallest absolute Gasteiger partial charge is 0.251 e. The summed E-state index contributed by atoms with van der Waals surface area (Å²) in [6.45, 7) is 2.10. The van der Waals surface area contributed by atoms with Gasteiger partial charge in [0.1, 0.15) is 0 Å². The molecular weight excluding hydrogens is 262 g/mol. The number of hydrogen-bond donors (Lipinski definition) is 2. The molecule has 0 aliphatic heterocycles. The van der Waals surface area contributed by atoms with E-state index in [1.807, 2.05) is 36.4 Å². The first-order valence-corrected chi connectivity index (χ1v) is 7.30. The molecule has 21 heavy (non-hydrogen) atoms. The van der Waals surface area contributed by atoms with Gasteiger partial charge in [-0.05, 0) is 61.7 Å². The summed E-state index contributed by atoms with van der Waals surface area (Å²) < 4.78 is 0. The number of amides is 1. The van der Waals surface area contributed by atoms with E-state index in [0.717, 1.165) is 18.5 Å².